The lowest BCUT2D eigenvalue weighted by molar-refractivity contribution is -0.135. The van der Waals surface area contributed by atoms with Crippen LogP contribution in [0.5, 0.6) is 0 Å². The zero-order chi connectivity index (χ0) is 8.97. The summed E-state index contributed by atoms with van der Waals surface area (Å²) in [6.07, 6.45) is 0. The van der Waals surface area contributed by atoms with Crippen LogP contribution in [0, 0.1) is 0 Å². The van der Waals surface area contributed by atoms with Gasteiger partial charge in [-0.2, -0.15) is 0 Å². The number of hydrogen-bond acceptors (Lipinski definition) is 5. The highest BCUT2D eigenvalue weighted by molar-refractivity contribution is 7.10. The summed E-state index contributed by atoms with van der Waals surface area (Å²) in [5.41, 5.74) is 0.586. The zero-order valence-corrected chi connectivity index (χ0v) is 7.52. The van der Waals surface area contributed by atoms with Gasteiger partial charge in [-0.3, -0.25) is 4.79 Å². The molecule has 0 spiro atoms. The molecule has 0 amide bonds. The number of rotatable bonds is 4. The van der Waals surface area contributed by atoms with Crippen LogP contribution < -0.4 is 5.32 Å². The number of nitrogens with one attached hydrogen (secondary N) is 1. The molecule has 12 heavy (non-hydrogen) atoms. The van der Waals surface area contributed by atoms with Gasteiger partial charge in [0.1, 0.15) is 10.0 Å². The minimum atomic E-state index is -0.908. The van der Waals surface area contributed by atoms with Gasteiger partial charge in [-0.15, -0.1) is 5.10 Å². The summed E-state index contributed by atoms with van der Waals surface area (Å²) in [6.45, 7) is 0.232. The number of halogens is 1. The average molecular weight is 208 g/mol. The zero-order valence-electron chi connectivity index (χ0n) is 5.95. The molecule has 1 rings (SSSR count). The molecule has 2 N–H and O–H groups in total. The van der Waals surface area contributed by atoms with Crippen molar-refractivity contribution in [3.05, 3.63) is 10.0 Å². The number of carboxylic acid groups (broad SMARTS) is 1. The van der Waals surface area contributed by atoms with E-state index < -0.39 is 5.97 Å². The molecule has 1 heterocycles. The van der Waals surface area contributed by atoms with Crippen LogP contribution in [-0.2, 0) is 11.3 Å². The number of carboxylic acids is 1. The highest BCUT2D eigenvalue weighted by Crippen LogP contribution is 2.16. The molecule has 1 aromatic rings. The van der Waals surface area contributed by atoms with Gasteiger partial charge in [0.2, 0.25) is 0 Å². The topological polar surface area (TPSA) is 75.1 Å². The van der Waals surface area contributed by atoms with Gasteiger partial charge < -0.3 is 10.4 Å². The third kappa shape index (κ3) is 2.72. The predicted octanol–water partition coefficient (Wildman–Crippen LogP) is 0.366. The Balaban J connectivity index is 2.33. The molecule has 0 saturated carbocycles. The molecule has 5 nitrogen and oxygen atoms in total. The lowest BCUT2D eigenvalue weighted by atomic mass is 10.5. The van der Waals surface area contributed by atoms with Gasteiger partial charge in [0.15, 0.2) is 0 Å². The fraction of sp³-hybridized carbons (Fsp3) is 0.400. The molecule has 0 aliphatic heterocycles. The van der Waals surface area contributed by atoms with E-state index in [0.29, 0.717) is 16.6 Å². The lowest BCUT2D eigenvalue weighted by Gasteiger charge is -1.96. The predicted molar refractivity (Wildman–Crippen MR) is 44.3 cm³/mol. The van der Waals surface area contributed by atoms with Gasteiger partial charge in [0, 0.05) is 18.1 Å². The van der Waals surface area contributed by atoms with Crippen LogP contribution in [-0.4, -0.2) is 27.2 Å². The van der Waals surface area contributed by atoms with E-state index in [1.54, 1.807) is 0 Å². The Kier molecular flexibility index (Phi) is 3.39. The summed E-state index contributed by atoms with van der Waals surface area (Å²) in [4.78, 5) is 10.1. The molecule has 0 bridgehead atoms. The fourth-order valence-corrected chi connectivity index (χ4v) is 1.22. The van der Waals surface area contributed by atoms with Crippen LogP contribution in [0.3, 0.4) is 0 Å². The number of nitrogens with zero attached hydrogens (tertiary/aromatic N) is 2. The Morgan fingerprint density at radius 1 is 1.75 bits per heavy atom. The molecule has 7 heteroatoms. The Hall–Kier alpha value is -0.720. The van der Waals surface area contributed by atoms with Gasteiger partial charge in [-0.05, 0) is 0 Å². The first kappa shape index (κ1) is 9.37. The number of aromatic nitrogens is 2. The van der Waals surface area contributed by atoms with Crippen molar-refractivity contribution in [1.29, 1.82) is 0 Å². The first-order valence-electron chi connectivity index (χ1n) is 3.09. The van der Waals surface area contributed by atoms with E-state index in [0.717, 1.165) is 11.5 Å². The molecule has 1 aromatic heterocycles. The average Bonchev–Trinajstić information content (AvgIpc) is 2.36. The molecule has 0 aliphatic rings. The molecule has 0 radical (unpaired) electrons. The van der Waals surface area contributed by atoms with E-state index in [4.69, 9.17) is 16.7 Å². The molecule has 0 aromatic carbocycles. The number of aliphatic carboxylic acids is 1. The van der Waals surface area contributed by atoms with Crippen molar-refractivity contribution < 1.29 is 9.90 Å². The normalized spacial score (nSPS) is 10.1. The van der Waals surface area contributed by atoms with Crippen LogP contribution in [0.15, 0.2) is 0 Å². The van der Waals surface area contributed by atoms with Crippen LogP contribution in [0.25, 0.3) is 0 Å². The van der Waals surface area contributed by atoms with Crippen molar-refractivity contribution in [3.8, 4) is 0 Å². The van der Waals surface area contributed by atoms with E-state index in [-0.39, 0.29) is 6.54 Å². The molecule has 0 atom stereocenters. The van der Waals surface area contributed by atoms with E-state index in [1.807, 2.05) is 0 Å². The number of hydrogen-bond donors (Lipinski definition) is 2. The monoisotopic (exact) mass is 207 g/mol. The quantitative estimate of drug-likeness (QED) is 0.746. The largest absolute Gasteiger partial charge is 0.480 e. The number of carbonyl (C=O) groups is 1. The van der Waals surface area contributed by atoms with Crippen molar-refractivity contribution in [3.63, 3.8) is 0 Å². The Labute approximate surface area is 77.5 Å². The summed E-state index contributed by atoms with van der Waals surface area (Å²) in [5.74, 6) is -0.908. The van der Waals surface area contributed by atoms with Crippen molar-refractivity contribution >= 4 is 29.1 Å². The summed E-state index contributed by atoms with van der Waals surface area (Å²) in [7, 11) is 0. The van der Waals surface area contributed by atoms with Gasteiger partial charge in [0.05, 0.1) is 6.54 Å². The van der Waals surface area contributed by atoms with E-state index in [9.17, 15) is 4.79 Å². The molecule has 66 valence electrons. The van der Waals surface area contributed by atoms with Crippen molar-refractivity contribution in [2.75, 3.05) is 6.54 Å². The van der Waals surface area contributed by atoms with Crippen LogP contribution in [0.1, 0.15) is 5.69 Å². The second kappa shape index (κ2) is 4.34. The van der Waals surface area contributed by atoms with Gasteiger partial charge in [0.25, 0.3) is 0 Å². The first-order chi connectivity index (χ1) is 5.70. The summed E-state index contributed by atoms with van der Waals surface area (Å²) in [6, 6.07) is 0. The second-order valence-electron chi connectivity index (χ2n) is 1.99. The minimum absolute atomic E-state index is 0.103. The third-order valence-corrected chi connectivity index (χ3v) is 2.06. The Morgan fingerprint density at radius 3 is 3.00 bits per heavy atom. The van der Waals surface area contributed by atoms with E-state index >= 15 is 0 Å². The van der Waals surface area contributed by atoms with E-state index in [1.165, 1.54) is 0 Å². The highest BCUT2D eigenvalue weighted by atomic mass is 35.5. The maximum Gasteiger partial charge on any atom is 0.317 e. The molecular weight excluding hydrogens is 202 g/mol. The van der Waals surface area contributed by atoms with Crippen LogP contribution >= 0.6 is 23.1 Å². The van der Waals surface area contributed by atoms with Gasteiger partial charge in [-0.1, -0.05) is 16.1 Å². The summed E-state index contributed by atoms with van der Waals surface area (Å²) >= 11 is 6.74. The molecule has 0 aliphatic carbocycles. The molecule has 0 fully saturated rings. The van der Waals surface area contributed by atoms with E-state index in [2.05, 4.69) is 14.9 Å². The third-order valence-electron chi connectivity index (χ3n) is 1.08. The standard InChI is InChI=1S/C5H6ClN3O2S/c6-5-3(8-9-12-5)1-7-2-4(10)11/h7H,1-2H2,(H,10,11). The van der Waals surface area contributed by atoms with Gasteiger partial charge >= 0.3 is 5.97 Å². The Morgan fingerprint density at radius 2 is 2.50 bits per heavy atom. The molecule has 0 unspecified atom stereocenters. The summed E-state index contributed by atoms with van der Waals surface area (Å²) in [5, 5.41) is 14.6. The van der Waals surface area contributed by atoms with Crippen molar-refractivity contribution in [2.24, 2.45) is 0 Å². The van der Waals surface area contributed by atoms with Crippen LogP contribution in [0.2, 0.25) is 4.34 Å². The summed E-state index contributed by atoms with van der Waals surface area (Å²) < 4.78 is 4.09. The minimum Gasteiger partial charge on any atom is -0.480 e. The fourth-order valence-electron chi connectivity index (χ4n) is 0.590. The molecular formula is C5H6ClN3O2S. The Bertz CT molecular complexity index is 277. The van der Waals surface area contributed by atoms with Crippen LogP contribution in [0.4, 0.5) is 0 Å². The maximum absolute atomic E-state index is 10.1. The van der Waals surface area contributed by atoms with Crippen molar-refractivity contribution in [2.45, 2.75) is 6.54 Å². The second-order valence-corrected chi connectivity index (χ2v) is 3.35. The van der Waals surface area contributed by atoms with Crippen molar-refractivity contribution in [1.82, 2.24) is 14.9 Å². The first-order valence-corrected chi connectivity index (χ1v) is 4.24. The SMILES string of the molecule is O=C(O)CNCc1nnsc1Cl. The lowest BCUT2D eigenvalue weighted by Crippen LogP contribution is -2.22. The highest BCUT2D eigenvalue weighted by Gasteiger charge is 2.04. The smallest absolute Gasteiger partial charge is 0.317 e. The maximum atomic E-state index is 10.1. The molecule has 0 saturated heterocycles. The van der Waals surface area contributed by atoms with Gasteiger partial charge in [-0.25, -0.2) is 0 Å².